The van der Waals surface area contributed by atoms with Crippen molar-refractivity contribution in [3.8, 4) is 11.1 Å². The van der Waals surface area contributed by atoms with Crippen molar-refractivity contribution in [3.63, 3.8) is 0 Å². The molecule has 22 heavy (non-hydrogen) atoms. The molecule has 0 fully saturated rings. The van der Waals surface area contributed by atoms with Crippen molar-refractivity contribution in [3.05, 3.63) is 64.2 Å². The van der Waals surface area contributed by atoms with E-state index in [0.29, 0.717) is 0 Å². The summed E-state index contributed by atoms with van der Waals surface area (Å²) in [5.74, 6) is 0. The molecular weight excluding hydrogens is 342 g/mol. The Hall–Kier alpha value is -1.60. The minimum Gasteiger partial charge on any atom is -0.472 e. The summed E-state index contributed by atoms with van der Waals surface area (Å²) in [5.41, 5.74) is 1.97. The summed E-state index contributed by atoms with van der Waals surface area (Å²) in [6, 6.07) is 10.2. The van der Waals surface area contributed by atoms with Crippen molar-refractivity contribution in [2.24, 2.45) is 0 Å². The normalized spacial score (nSPS) is 11.7. The van der Waals surface area contributed by atoms with Crippen LogP contribution >= 0.6 is 22.9 Å². The molecule has 0 bridgehead atoms. The van der Waals surface area contributed by atoms with Gasteiger partial charge in [0.25, 0.3) is 0 Å². The number of benzene rings is 1. The second-order valence-electron chi connectivity index (χ2n) is 4.57. The maximum atomic E-state index is 12.3. The van der Waals surface area contributed by atoms with Gasteiger partial charge in [0.1, 0.15) is 4.90 Å². The predicted octanol–water partition coefficient (Wildman–Crippen LogP) is 4.14. The van der Waals surface area contributed by atoms with Crippen LogP contribution < -0.4 is 4.72 Å². The summed E-state index contributed by atoms with van der Waals surface area (Å²) in [6.07, 6.45) is 3.26. The van der Waals surface area contributed by atoms with Crippen LogP contribution in [0, 0.1) is 0 Å². The third kappa shape index (κ3) is 3.25. The fourth-order valence-electron chi connectivity index (χ4n) is 1.96. The van der Waals surface area contributed by atoms with Crippen LogP contribution in [0.25, 0.3) is 11.1 Å². The van der Waals surface area contributed by atoms with Crippen LogP contribution in [-0.4, -0.2) is 8.42 Å². The Morgan fingerprint density at radius 3 is 2.73 bits per heavy atom. The van der Waals surface area contributed by atoms with Crippen molar-refractivity contribution in [2.45, 2.75) is 11.4 Å². The van der Waals surface area contributed by atoms with Gasteiger partial charge in [0.15, 0.2) is 0 Å². The minimum absolute atomic E-state index is 0.0864. The zero-order valence-corrected chi connectivity index (χ0v) is 13.7. The van der Waals surface area contributed by atoms with Crippen molar-refractivity contribution < 1.29 is 12.8 Å². The lowest BCUT2D eigenvalue weighted by molar-refractivity contribution is 0.568. The van der Waals surface area contributed by atoms with E-state index in [1.165, 1.54) is 17.4 Å². The van der Waals surface area contributed by atoms with E-state index in [0.717, 1.165) is 16.0 Å². The molecule has 2 aromatic heterocycles. The van der Waals surface area contributed by atoms with Crippen molar-refractivity contribution in [2.75, 3.05) is 0 Å². The summed E-state index contributed by atoms with van der Waals surface area (Å²) < 4.78 is 32.1. The van der Waals surface area contributed by atoms with Gasteiger partial charge in [0.05, 0.1) is 17.5 Å². The van der Waals surface area contributed by atoms with Crippen LogP contribution in [0.1, 0.15) is 4.88 Å². The molecule has 3 rings (SSSR count). The van der Waals surface area contributed by atoms with E-state index < -0.39 is 10.0 Å². The lowest BCUT2D eigenvalue weighted by Gasteiger charge is -2.07. The lowest BCUT2D eigenvalue weighted by Crippen LogP contribution is -2.23. The highest BCUT2D eigenvalue weighted by atomic mass is 35.5. The Morgan fingerprint density at radius 2 is 2.00 bits per heavy atom. The molecular formula is C15H12ClNO3S2. The van der Waals surface area contributed by atoms with Crippen LogP contribution in [0.2, 0.25) is 5.02 Å². The first-order valence-corrected chi connectivity index (χ1v) is 9.14. The van der Waals surface area contributed by atoms with E-state index in [1.807, 2.05) is 17.5 Å². The van der Waals surface area contributed by atoms with Crippen molar-refractivity contribution in [1.29, 1.82) is 0 Å². The second kappa shape index (κ2) is 6.26. The Labute approximate surface area is 137 Å². The molecule has 0 radical (unpaired) electrons. The average molecular weight is 354 g/mol. The summed E-state index contributed by atoms with van der Waals surface area (Å²) in [6.45, 7) is 0.218. The first kappa shape index (κ1) is 15.3. The van der Waals surface area contributed by atoms with E-state index in [1.54, 1.807) is 30.7 Å². The third-order valence-electron chi connectivity index (χ3n) is 3.07. The van der Waals surface area contributed by atoms with E-state index in [-0.39, 0.29) is 16.5 Å². The monoisotopic (exact) mass is 353 g/mol. The van der Waals surface area contributed by atoms with Gasteiger partial charge in [-0.05, 0) is 35.2 Å². The minimum atomic E-state index is -3.63. The van der Waals surface area contributed by atoms with Gasteiger partial charge in [-0.3, -0.25) is 0 Å². The number of hydrogen-bond acceptors (Lipinski definition) is 4. The van der Waals surface area contributed by atoms with Gasteiger partial charge in [-0.1, -0.05) is 23.7 Å². The molecule has 114 valence electrons. The summed E-state index contributed by atoms with van der Waals surface area (Å²) in [7, 11) is -3.63. The molecule has 0 aliphatic carbocycles. The quantitative estimate of drug-likeness (QED) is 0.749. The van der Waals surface area contributed by atoms with Crippen LogP contribution in [-0.2, 0) is 16.6 Å². The van der Waals surface area contributed by atoms with E-state index in [9.17, 15) is 8.42 Å². The van der Waals surface area contributed by atoms with Gasteiger partial charge in [-0.25, -0.2) is 13.1 Å². The smallest absolute Gasteiger partial charge is 0.242 e. The Bertz CT molecular complexity index is 870. The summed E-state index contributed by atoms with van der Waals surface area (Å²) in [4.78, 5) is 0.995. The fraction of sp³-hybridized carbons (Fsp3) is 0.0667. The molecule has 0 aliphatic rings. The number of nitrogens with one attached hydrogen (secondary N) is 1. The molecule has 1 aromatic carbocycles. The fourth-order valence-corrected chi connectivity index (χ4v) is 4.41. The van der Waals surface area contributed by atoms with Crippen molar-refractivity contribution in [1.82, 2.24) is 4.72 Å². The van der Waals surface area contributed by atoms with Crippen LogP contribution in [0.15, 0.2) is 63.6 Å². The third-order valence-corrected chi connectivity index (χ3v) is 5.91. The number of halogens is 1. The summed E-state index contributed by atoms with van der Waals surface area (Å²) >= 11 is 7.42. The van der Waals surface area contributed by atoms with Crippen LogP contribution in [0.3, 0.4) is 0 Å². The van der Waals surface area contributed by atoms with Crippen LogP contribution in [0.4, 0.5) is 0 Å². The molecule has 0 saturated carbocycles. The molecule has 7 heteroatoms. The molecule has 1 N–H and O–H groups in total. The molecule has 0 unspecified atom stereocenters. The second-order valence-corrected chi connectivity index (χ2v) is 7.71. The molecule has 0 atom stereocenters. The molecule has 2 heterocycles. The number of hydrogen-bond donors (Lipinski definition) is 1. The Balaban J connectivity index is 1.74. The largest absolute Gasteiger partial charge is 0.472 e. The molecule has 0 amide bonds. The van der Waals surface area contributed by atoms with Crippen LogP contribution in [0.5, 0.6) is 0 Å². The maximum absolute atomic E-state index is 12.3. The lowest BCUT2D eigenvalue weighted by atomic mass is 10.2. The average Bonchev–Trinajstić information content (AvgIpc) is 3.17. The first-order valence-electron chi connectivity index (χ1n) is 6.40. The number of furan rings is 1. The van der Waals surface area contributed by atoms with Gasteiger partial charge >= 0.3 is 0 Å². The highest BCUT2D eigenvalue weighted by molar-refractivity contribution is 7.89. The number of sulfonamides is 1. The number of thiophene rings is 1. The van der Waals surface area contributed by atoms with Gasteiger partial charge < -0.3 is 4.42 Å². The first-order chi connectivity index (χ1) is 10.6. The highest BCUT2D eigenvalue weighted by Gasteiger charge is 2.17. The van der Waals surface area contributed by atoms with E-state index in [4.69, 9.17) is 16.0 Å². The van der Waals surface area contributed by atoms with Gasteiger partial charge in [0.2, 0.25) is 10.0 Å². The maximum Gasteiger partial charge on any atom is 0.242 e. The van der Waals surface area contributed by atoms with Crippen molar-refractivity contribution >= 4 is 33.0 Å². The molecule has 0 spiro atoms. The molecule has 3 aromatic rings. The summed E-state index contributed by atoms with van der Waals surface area (Å²) in [5, 5.41) is 2.17. The van der Waals surface area contributed by atoms with Gasteiger partial charge in [-0.15, -0.1) is 11.3 Å². The SMILES string of the molecule is O=S(=O)(NCc1cc(-c2ccoc2)cs1)c1ccccc1Cl. The predicted molar refractivity (Wildman–Crippen MR) is 87.5 cm³/mol. The zero-order chi connectivity index (χ0) is 15.6. The van der Waals surface area contributed by atoms with Gasteiger partial charge in [-0.2, -0.15) is 0 Å². The zero-order valence-electron chi connectivity index (χ0n) is 11.3. The van der Waals surface area contributed by atoms with Gasteiger partial charge in [0, 0.05) is 17.0 Å². The molecule has 0 aliphatic heterocycles. The molecule has 0 saturated heterocycles. The van der Waals surface area contributed by atoms with E-state index >= 15 is 0 Å². The highest BCUT2D eigenvalue weighted by Crippen LogP contribution is 2.26. The van der Waals surface area contributed by atoms with E-state index in [2.05, 4.69) is 4.72 Å². The molecule has 4 nitrogen and oxygen atoms in total. The topological polar surface area (TPSA) is 59.3 Å². The standard InChI is InChI=1S/C15H12ClNO3S2/c16-14-3-1-2-4-15(14)22(18,19)17-8-13-7-12(10-21-13)11-5-6-20-9-11/h1-7,9-10,17H,8H2. The number of rotatable bonds is 5. The Kier molecular flexibility index (Phi) is 4.35. The Morgan fingerprint density at radius 1 is 1.18 bits per heavy atom.